The molecule has 5 heteroatoms. The largest absolute Gasteiger partial charge is 0.357 e. The van der Waals surface area contributed by atoms with Gasteiger partial charge < -0.3 is 10.3 Å². The molecule has 1 aliphatic heterocycles. The first-order valence-electron chi connectivity index (χ1n) is 7.12. The SMILES string of the molecule is Clc1cc(Cl)c(Cl)c(C2NCCc3c2[nH]c2ccccc32)c1. The van der Waals surface area contributed by atoms with Gasteiger partial charge >= 0.3 is 0 Å². The number of benzene rings is 2. The molecular formula is C17H13Cl3N2. The Morgan fingerprint density at radius 2 is 1.86 bits per heavy atom. The minimum absolute atomic E-state index is 0.0279. The highest BCUT2D eigenvalue weighted by Gasteiger charge is 2.27. The van der Waals surface area contributed by atoms with E-state index < -0.39 is 0 Å². The third-order valence-electron chi connectivity index (χ3n) is 4.19. The average molecular weight is 352 g/mol. The second kappa shape index (κ2) is 5.47. The number of halogens is 3. The van der Waals surface area contributed by atoms with Crippen LogP contribution in [0.1, 0.15) is 22.9 Å². The maximum Gasteiger partial charge on any atom is 0.0747 e. The van der Waals surface area contributed by atoms with Crippen molar-refractivity contribution in [2.75, 3.05) is 6.54 Å². The molecule has 1 unspecified atom stereocenters. The molecule has 0 saturated heterocycles. The van der Waals surface area contributed by atoms with Crippen molar-refractivity contribution in [3.8, 4) is 0 Å². The van der Waals surface area contributed by atoms with Crippen molar-refractivity contribution in [2.45, 2.75) is 12.5 Å². The Morgan fingerprint density at radius 3 is 2.73 bits per heavy atom. The molecule has 2 heterocycles. The monoisotopic (exact) mass is 350 g/mol. The number of aromatic amines is 1. The van der Waals surface area contributed by atoms with Crippen molar-refractivity contribution in [1.82, 2.24) is 10.3 Å². The van der Waals surface area contributed by atoms with Crippen LogP contribution in [0.4, 0.5) is 0 Å². The number of para-hydroxylation sites is 1. The quantitative estimate of drug-likeness (QED) is 0.567. The van der Waals surface area contributed by atoms with Crippen molar-refractivity contribution in [3.05, 3.63) is 68.3 Å². The van der Waals surface area contributed by atoms with Crippen LogP contribution in [-0.4, -0.2) is 11.5 Å². The van der Waals surface area contributed by atoms with Gasteiger partial charge in [0, 0.05) is 28.2 Å². The standard InChI is InChI=1S/C17H13Cl3N2/c18-9-7-12(15(20)13(19)8-9)16-17-11(5-6-21-16)10-3-1-2-4-14(10)22-17/h1-4,7-8,16,21-22H,5-6H2. The summed E-state index contributed by atoms with van der Waals surface area (Å²) in [5.74, 6) is 0. The van der Waals surface area contributed by atoms with E-state index >= 15 is 0 Å². The van der Waals surface area contributed by atoms with Crippen molar-refractivity contribution in [3.63, 3.8) is 0 Å². The van der Waals surface area contributed by atoms with E-state index in [0.29, 0.717) is 15.1 Å². The van der Waals surface area contributed by atoms with Crippen LogP contribution in [0.15, 0.2) is 36.4 Å². The Bertz CT molecular complexity index is 870. The van der Waals surface area contributed by atoms with Crippen molar-refractivity contribution in [1.29, 1.82) is 0 Å². The van der Waals surface area contributed by atoms with Crippen LogP contribution in [-0.2, 0) is 6.42 Å². The maximum absolute atomic E-state index is 6.42. The van der Waals surface area contributed by atoms with Crippen molar-refractivity contribution in [2.24, 2.45) is 0 Å². The van der Waals surface area contributed by atoms with Gasteiger partial charge in [-0.2, -0.15) is 0 Å². The van der Waals surface area contributed by atoms with Crippen LogP contribution < -0.4 is 5.32 Å². The predicted molar refractivity (Wildman–Crippen MR) is 93.3 cm³/mol. The van der Waals surface area contributed by atoms with E-state index in [0.717, 1.165) is 29.7 Å². The first kappa shape index (κ1) is 14.4. The van der Waals surface area contributed by atoms with Gasteiger partial charge in [0.25, 0.3) is 0 Å². The minimum Gasteiger partial charge on any atom is -0.357 e. The molecular weight excluding hydrogens is 339 g/mol. The van der Waals surface area contributed by atoms with Crippen LogP contribution in [0.25, 0.3) is 10.9 Å². The van der Waals surface area contributed by atoms with Gasteiger partial charge in [-0.15, -0.1) is 0 Å². The number of H-pyrrole nitrogens is 1. The van der Waals surface area contributed by atoms with Crippen LogP contribution >= 0.6 is 34.8 Å². The zero-order valence-electron chi connectivity index (χ0n) is 11.6. The van der Waals surface area contributed by atoms with Crippen molar-refractivity contribution < 1.29 is 0 Å². The molecule has 0 fully saturated rings. The Morgan fingerprint density at radius 1 is 1.05 bits per heavy atom. The van der Waals surface area contributed by atoms with Gasteiger partial charge in [-0.05, 0) is 35.7 Å². The van der Waals surface area contributed by atoms with Gasteiger partial charge in [0.1, 0.15) is 0 Å². The fraction of sp³-hybridized carbons (Fsp3) is 0.176. The van der Waals surface area contributed by atoms with Gasteiger partial charge in [-0.1, -0.05) is 53.0 Å². The summed E-state index contributed by atoms with van der Waals surface area (Å²) >= 11 is 18.8. The fourth-order valence-corrected chi connectivity index (χ4v) is 3.96. The Kier molecular flexibility index (Phi) is 3.58. The molecule has 0 radical (unpaired) electrons. The third kappa shape index (κ3) is 2.22. The Balaban J connectivity index is 1.93. The lowest BCUT2D eigenvalue weighted by Crippen LogP contribution is -2.30. The summed E-state index contributed by atoms with van der Waals surface area (Å²) in [4.78, 5) is 3.52. The summed E-state index contributed by atoms with van der Waals surface area (Å²) in [7, 11) is 0. The molecule has 2 N–H and O–H groups in total. The lowest BCUT2D eigenvalue weighted by atomic mass is 9.94. The van der Waals surface area contributed by atoms with E-state index in [2.05, 4.69) is 28.5 Å². The van der Waals surface area contributed by atoms with Gasteiger partial charge in [0.05, 0.1) is 16.1 Å². The average Bonchev–Trinajstić information content (AvgIpc) is 2.89. The Labute approximate surface area is 143 Å². The summed E-state index contributed by atoms with van der Waals surface area (Å²) in [5, 5.41) is 6.41. The summed E-state index contributed by atoms with van der Waals surface area (Å²) in [6.07, 6.45) is 0.988. The fourth-order valence-electron chi connectivity index (χ4n) is 3.23. The van der Waals surface area contributed by atoms with Gasteiger partial charge in [-0.3, -0.25) is 0 Å². The second-order valence-electron chi connectivity index (χ2n) is 5.49. The second-order valence-corrected chi connectivity index (χ2v) is 6.71. The van der Waals surface area contributed by atoms with Gasteiger partial charge in [0.15, 0.2) is 0 Å². The highest BCUT2D eigenvalue weighted by atomic mass is 35.5. The van der Waals surface area contributed by atoms with Crippen molar-refractivity contribution >= 4 is 45.7 Å². The molecule has 3 aromatic rings. The molecule has 2 nitrogen and oxygen atoms in total. The molecule has 112 valence electrons. The smallest absolute Gasteiger partial charge is 0.0747 e. The highest BCUT2D eigenvalue weighted by Crippen LogP contribution is 2.39. The normalized spacial score (nSPS) is 17.7. The summed E-state index contributed by atoms with van der Waals surface area (Å²) in [5.41, 5.74) is 4.54. The molecule has 2 aromatic carbocycles. The van der Waals surface area contributed by atoms with E-state index in [4.69, 9.17) is 34.8 Å². The van der Waals surface area contributed by atoms with E-state index in [1.807, 2.05) is 12.1 Å². The third-order valence-corrected chi connectivity index (χ3v) is 5.23. The van der Waals surface area contributed by atoms with Crippen LogP contribution in [0.3, 0.4) is 0 Å². The first-order valence-corrected chi connectivity index (χ1v) is 8.26. The maximum atomic E-state index is 6.42. The van der Waals surface area contributed by atoms with Crippen LogP contribution in [0.2, 0.25) is 15.1 Å². The number of hydrogen-bond donors (Lipinski definition) is 2. The highest BCUT2D eigenvalue weighted by molar-refractivity contribution is 6.43. The Hall–Kier alpha value is -1.19. The number of fused-ring (bicyclic) bond motifs is 3. The van der Waals surface area contributed by atoms with E-state index in [1.54, 1.807) is 6.07 Å². The van der Waals surface area contributed by atoms with Gasteiger partial charge in [-0.25, -0.2) is 0 Å². The number of rotatable bonds is 1. The zero-order chi connectivity index (χ0) is 15.3. The summed E-state index contributed by atoms with van der Waals surface area (Å²) in [6, 6.07) is 11.9. The number of hydrogen-bond acceptors (Lipinski definition) is 1. The molecule has 0 amide bonds. The lowest BCUT2D eigenvalue weighted by Gasteiger charge is -2.26. The first-order chi connectivity index (χ1) is 10.6. The molecule has 0 aliphatic carbocycles. The molecule has 4 rings (SSSR count). The van der Waals surface area contributed by atoms with Crippen LogP contribution in [0, 0.1) is 0 Å². The minimum atomic E-state index is -0.0279. The van der Waals surface area contributed by atoms with Gasteiger partial charge in [0.2, 0.25) is 0 Å². The lowest BCUT2D eigenvalue weighted by molar-refractivity contribution is 0.560. The number of aromatic nitrogens is 1. The van der Waals surface area contributed by atoms with E-state index in [-0.39, 0.29) is 6.04 Å². The molecule has 1 atom stereocenters. The van der Waals surface area contributed by atoms with Crippen LogP contribution in [0.5, 0.6) is 0 Å². The van der Waals surface area contributed by atoms with E-state index in [1.165, 1.54) is 10.9 Å². The summed E-state index contributed by atoms with van der Waals surface area (Å²) < 4.78 is 0. The molecule has 0 saturated carbocycles. The summed E-state index contributed by atoms with van der Waals surface area (Å²) in [6.45, 7) is 0.889. The molecule has 0 spiro atoms. The zero-order valence-corrected chi connectivity index (χ0v) is 13.9. The molecule has 1 aliphatic rings. The predicted octanol–water partition coefficient (Wildman–Crippen LogP) is 5.36. The molecule has 1 aromatic heterocycles. The molecule has 22 heavy (non-hydrogen) atoms. The molecule has 0 bridgehead atoms. The van der Waals surface area contributed by atoms with E-state index in [9.17, 15) is 0 Å². The topological polar surface area (TPSA) is 27.8 Å². The number of nitrogens with one attached hydrogen (secondary N) is 2.